The molecule has 47 heavy (non-hydrogen) atoms. The zero-order valence-electron chi connectivity index (χ0n) is 26.9. The number of benzene rings is 2. The molecule has 1 unspecified atom stereocenters. The molecule has 4 rings (SSSR count). The molecule has 5 N–H and O–H groups in total. The van der Waals surface area contributed by atoms with E-state index >= 15 is 0 Å². The van der Waals surface area contributed by atoms with Crippen LogP contribution in [-0.4, -0.2) is 104 Å². The van der Waals surface area contributed by atoms with Gasteiger partial charge in [-0.15, -0.1) is 0 Å². The van der Waals surface area contributed by atoms with Crippen LogP contribution in [0, 0.1) is 11.8 Å². The number of fused-ring (bicyclic) bond motifs is 1. The van der Waals surface area contributed by atoms with Gasteiger partial charge in [0.15, 0.2) is 6.29 Å². The molecule has 2 saturated heterocycles. The van der Waals surface area contributed by atoms with Crippen molar-refractivity contribution in [3.05, 3.63) is 59.7 Å². The normalized spacial score (nSPS) is 21.1. The van der Waals surface area contributed by atoms with Crippen LogP contribution in [0.25, 0.3) is 0 Å². The number of nitrogens with zero attached hydrogens (tertiary/aromatic N) is 1. The lowest BCUT2D eigenvalue weighted by Gasteiger charge is -2.31. The van der Waals surface area contributed by atoms with Crippen molar-refractivity contribution in [2.75, 3.05) is 46.1 Å². The molecule has 0 radical (unpaired) electrons. The largest absolute Gasteiger partial charge is 0.497 e. The number of carbonyl (C=O) groups excluding carboxylic acids is 1. The standard InChI is InChI=1S/C31H46N3O11PS/c1-21(2)18-34(47(40,41)25-10-8-24(42-3)9-11-25)19-28(35)27(33-31(36)45-29-20-44-30-26(29)12-14-43-30)16-22-4-6-23(7-5-22)17-32-13-15-46(37,38)39/h4-11,21,26-30,32,35H,12-20H2,1-3H3,(H,33,36)(H2,37,38,39)/t26-,27-,28?,29-,30+/m0/s1. The Hall–Kier alpha value is -2.59. The summed E-state index contributed by atoms with van der Waals surface area (Å²) in [6, 6.07) is 12.4. The van der Waals surface area contributed by atoms with Crippen molar-refractivity contribution < 1.29 is 51.6 Å². The Morgan fingerprint density at radius 3 is 2.38 bits per heavy atom. The summed E-state index contributed by atoms with van der Waals surface area (Å²) in [5, 5.41) is 17.3. The molecular formula is C31H46N3O11PS. The number of carbonyl (C=O) groups is 1. The van der Waals surface area contributed by atoms with Crippen LogP contribution in [0.15, 0.2) is 53.4 Å². The maximum absolute atomic E-state index is 13.7. The minimum Gasteiger partial charge on any atom is -0.497 e. The Bertz CT molecular complexity index is 1450. The third kappa shape index (κ3) is 11.0. The van der Waals surface area contributed by atoms with Crippen molar-refractivity contribution in [2.24, 2.45) is 11.8 Å². The SMILES string of the molecule is COc1ccc(S(=O)(=O)N(CC(C)C)CC(O)[C@H](Cc2ccc(CNCCP(=O)(O)O)cc2)NC(=O)O[C@H]2CO[C@H]3OCC[C@H]32)cc1. The highest BCUT2D eigenvalue weighted by Crippen LogP contribution is 2.33. The summed E-state index contributed by atoms with van der Waals surface area (Å²) in [6.07, 6.45) is -2.40. The smallest absolute Gasteiger partial charge is 0.407 e. The van der Waals surface area contributed by atoms with E-state index in [4.69, 9.17) is 28.7 Å². The van der Waals surface area contributed by atoms with E-state index in [1.165, 1.54) is 23.5 Å². The molecule has 0 aromatic heterocycles. The summed E-state index contributed by atoms with van der Waals surface area (Å²) in [6.45, 7) is 4.85. The second-order valence-electron chi connectivity index (χ2n) is 12.3. The van der Waals surface area contributed by atoms with Gasteiger partial charge in [-0.1, -0.05) is 38.1 Å². The Kier molecular flexibility index (Phi) is 13.2. The average Bonchev–Trinajstić information content (AvgIpc) is 3.64. The summed E-state index contributed by atoms with van der Waals surface area (Å²) in [5.41, 5.74) is 1.63. The fourth-order valence-corrected chi connectivity index (χ4v) is 7.64. The number of ether oxygens (including phenoxy) is 4. The summed E-state index contributed by atoms with van der Waals surface area (Å²) in [4.78, 5) is 31.3. The predicted octanol–water partition coefficient (Wildman–Crippen LogP) is 2.07. The maximum Gasteiger partial charge on any atom is 0.407 e. The van der Waals surface area contributed by atoms with E-state index in [0.29, 0.717) is 25.3 Å². The molecule has 0 saturated carbocycles. The predicted molar refractivity (Wildman–Crippen MR) is 172 cm³/mol. The van der Waals surface area contributed by atoms with Crippen molar-refractivity contribution in [1.29, 1.82) is 0 Å². The van der Waals surface area contributed by atoms with Crippen LogP contribution < -0.4 is 15.4 Å². The van der Waals surface area contributed by atoms with Crippen LogP contribution in [0.3, 0.4) is 0 Å². The first-order valence-electron chi connectivity index (χ1n) is 15.6. The van der Waals surface area contributed by atoms with Gasteiger partial charge in [0, 0.05) is 26.2 Å². The first kappa shape index (κ1) is 37.2. The second kappa shape index (κ2) is 16.7. The molecule has 2 fully saturated rings. The number of sulfonamides is 1. The van der Waals surface area contributed by atoms with Gasteiger partial charge in [0.25, 0.3) is 0 Å². The van der Waals surface area contributed by atoms with Crippen molar-refractivity contribution in [1.82, 2.24) is 14.9 Å². The first-order valence-corrected chi connectivity index (χ1v) is 18.8. The zero-order chi connectivity index (χ0) is 34.2. The Labute approximate surface area is 275 Å². The molecule has 16 heteroatoms. The van der Waals surface area contributed by atoms with Crippen LogP contribution >= 0.6 is 7.60 Å². The number of rotatable bonds is 17. The third-order valence-electron chi connectivity index (χ3n) is 8.06. The molecule has 2 aromatic carbocycles. The highest BCUT2D eigenvalue weighted by atomic mass is 32.2. The molecular weight excluding hydrogens is 653 g/mol. The molecule has 0 aliphatic carbocycles. The van der Waals surface area contributed by atoms with Crippen LogP contribution in [0.1, 0.15) is 31.4 Å². The second-order valence-corrected chi connectivity index (χ2v) is 16.0. The van der Waals surface area contributed by atoms with Gasteiger partial charge in [-0.05, 0) is 54.2 Å². The fourth-order valence-electron chi connectivity index (χ4n) is 5.57. The number of hydrogen-bond donors (Lipinski definition) is 5. The van der Waals surface area contributed by atoms with Gasteiger partial charge in [0.05, 0.1) is 49.4 Å². The van der Waals surface area contributed by atoms with E-state index in [9.17, 15) is 22.9 Å². The van der Waals surface area contributed by atoms with Gasteiger partial charge >= 0.3 is 13.7 Å². The van der Waals surface area contributed by atoms with Crippen molar-refractivity contribution >= 4 is 23.7 Å². The monoisotopic (exact) mass is 699 g/mol. The Balaban J connectivity index is 1.49. The molecule has 2 aliphatic heterocycles. The van der Waals surface area contributed by atoms with Crippen LogP contribution in [0.4, 0.5) is 4.79 Å². The zero-order valence-corrected chi connectivity index (χ0v) is 28.6. The lowest BCUT2D eigenvalue weighted by atomic mass is 10.00. The quantitative estimate of drug-likeness (QED) is 0.119. The number of alkyl carbamates (subject to hydrolysis) is 1. The molecule has 0 spiro atoms. The van der Waals surface area contributed by atoms with Crippen LogP contribution in [0.5, 0.6) is 5.75 Å². The van der Waals surface area contributed by atoms with E-state index in [1.807, 2.05) is 38.1 Å². The highest BCUT2D eigenvalue weighted by molar-refractivity contribution is 7.89. The van der Waals surface area contributed by atoms with Gasteiger partial charge < -0.3 is 44.5 Å². The number of amides is 1. The van der Waals surface area contributed by atoms with E-state index in [-0.39, 0.29) is 55.6 Å². The van der Waals surface area contributed by atoms with Gasteiger partial charge in [0.2, 0.25) is 10.0 Å². The summed E-state index contributed by atoms with van der Waals surface area (Å²) < 4.78 is 61.7. The molecule has 14 nitrogen and oxygen atoms in total. The summed E-state index contributed by atoms with van der Waals surface area (Å²) in [5.74, 6) is 0.370. The van der Waals surface area contributed by atoms with E-state index < -0.39 is 48.3 Å². The molecule has 2 aromatic rings. The fraction of sp³-hybridized carbons (Fsp3) is 0.581. The first-order chi connectivity index (χ1) is 22.2. The van der Waals surface area contributed by atoms with Crippen molar-refractivity contribution in [2.45, 2.75) is 62.7 Å². The van der Waals surface area contributed by atoms with Crippen molar-refractivity contribution in [3.63, 3.8) is 0 Å². The molecule has 0 bridgehead atoms. The van der Waals surface area contributed by atoms with Crippen molar-refractivity contribution in [3.8, 4) is 5.75 Å². The Morgan fingerprint density at radius 2 is 1.74 bits per heavy atom. The molecule has 2 heterocycles. The molecule has 1 amide bonds. The maximum atomic E-state index is 13.7. The number of aliphatic hydroxyl groups is 1. The topological polar surface area (TPSA) is 193 Å². The van der Waals surface area contributed by atoms with Gasteiger partial charge in [-0.3, -0.25) is 4.57 Å². The number of hydrogen-bond acceptors (Lipinski definition) is 10. The Morgan fingerprint density at radius 1 is 1.06 bits per heavy atom. The molecule has 2 aliphatic rings. The molecule has 5 atom stereocenters. The minimum absolute atomic E-state index is 0.0506. The van der Waals surface area contributed by atoms with E-state index in [2.05, 4.69) is 10.6 Å². The van der Waals surface area contributed by atoms with Crippen LogP contribution in [0.2, 0.25) is 0 Å². The van der Waals surface area contributed by atoms with Crippen LogP contribution in [-0.2, 0) is 41.8 Å². The van der Waals surface area contributed by atoms with Gasteiger partial charge in [-0.2, -0.15) is 4.31 Å². The highest BCUT2D eigenvalue weighted by Gasteiger charge is 2.44. The number of aliphatic hydroxyl groups excluding tert-OH is 1. The minimum atomic E-state index is -4.09. The summed E-state index contributed by atoms with van der Waals surface area (Å²) in [7, 11) is -6.62. The average molecular weight is 700 g/mol. The third-order valence-corrected chi connectivity index (χ3v) is 10.7. The number of nitrogens with one attached hydrogen (secondary N) is 2. The summed E-state index contributed by atoms with van der Waals surface area (Å²) >= 11 is 0. The van der Waals surface area contributed by atoms with E-state index in [1.54, 1.807) is 12.1 Å². The lowest BCUT2D eigenvalue weighted by molar-refractivity contribution is -0.0907. The lowest BCUT2D eigenvalue weighted by Crippen LogP contribution is -2.51. The number of methoxy groups -OCH3 is 1. The van der Waals surface area contributed by atoms with E-state index in [0.717, 1.165) is 11.1 Å². The van der Waals surface area contributed by atoms with Gasteiger partial charge in [-0.25, -0.2) is 13.2 Å². The van der Waals surface area contributed by atoms with Gasteiger partial charge in [0.1, 0.15) is 11.9 Å². The molecule has 262 valence electrons.